The van der Waals surface area contributed by atoms with E-state index in [1.807, 2.05) is 0 Å². The van der Waals surface area contributed by atoms with Crippen molar-refractivity contribution < 1.29 is 4.79 Å². The average molecular weight is 329 g/mol. The van der Waals surface area contributed by atoms with Crippen molar-refractivity contribution in [2.45, 2.75) is 85.5 Å². The van der Waals surface area contributed by atoms with Gasteiger partial charge in [0.05, 0.1) is 0 Å². The highest BCUT2D eigenvalue weighted by Gasteiger charge is 2.60. The molecule has 0 aliphatic heterocycles. The van der Waals surface area contributed by atoms with Crippen molar-refractivity contribution in [2.75, 3.05) is 0 Å². The molecule has 0 aromatic carbocycles. The van der Waals surface area contributed by atoms with Crippen LogP contribution in [-0.2, 0) is 4.79 Å². The van der Waals surface area contributed by atoms with Crippen molar-refractivity contribution in [2.24, 2.45) is 40.4 Å². The van der Waals surface area contributed by atoms with E-state index >= 15 is 0 Å². The number of carbonyl (C=O) groups is 1. The zero-order chi connectivity index (χ0) is 17.1. The summed E-state index contributed by atoms with van der Waals surface area (Å²) in [6, 6.07) is 0. The molecular formula is C23H36O. The first-order chi connectivity index (χ1) is 11.4. The molecule has 6 atom stereocenters. The van der Waals surface area contributed by atoms with Crippen LogP contribution in [0.3, 0.4) is 0 Å². The summed E-state index contributed by atoms with van der Waals surface area (Å²) in [5.41, 5.74) is 1.71. The van der Waals surface area contributed by atoms with Crippen LogP contribution >= 0.6 is 0 Å². The van der Waals surface area contributed by atoms with E-state index in [9.17, 15) is 4.79 Å². The summed E-state index contributed by atoms with van der Waals surface area (Å²) in [5, 5.41) is 0. The molecule has 0 N–H and O–H groups in total. The van der Waals surface area contributed by atoms with E-state index in [2.05, 4.69) is 33.8 Å². The molecule has 0 unspecified atom stereocenters. The number of hydrogen-bond donors (Lipinski definition) is 0. The van der Waals surface area contributed by atoms with Gasteiger partial charge < -0.3 is 0 Å². The van der Waals surface area contributed by atoms with Gasteiger partial charge in [0.1, 0.15) is 0 Å². The Morgan fingerprint density at radius 2 is 1.79 bits per heavy atom. The molecule has 0 heterocycles. The summed E-state index contributed by atoms with van der Waals surface area (Å²) in [6.45, 7) is 9.36. The van der Waals surface area contributed by atoms with Gasteiger partial charge in [-0.15, -0.1) is 0 Å². The normalized spacial score (nSPS) is 49.9. The lowest BCUT2D eigenvalue weighted by molar-refractivity contribution is -0.137. The van der Waals surface area contributed by atoms with E-state index < -0.39 is 0 Å². The molecule has 0 radical (unpaired) electrons. The second kappa shape index (κ2) is 5.71. The van der Waals surface area contributed by atoms with Crippen molar-refractivity contribution in [3.63, 3.8) is 0 Å². The molecule has 1 nitrogen and oxygen atoms in total. The van der Waals surface area contributed by atoms with Gasteiger partial charge in [0.25, 0.3) is 0 Å². The number of carbonyl (C=O) groups excluding carboxylic acids is 1. The second-order valence-electron chi connectivity index (χ2n) is 10.3. The zero-order valence-electron chi connectivity index (χ0n) is 16.2. The number of allylic oxidation sites excluding steroid dienone is 2. The SMILES string of the molecule is CC(C)/C=C1\C[C@H]2[C@@H]3CC[C@@H]4CCCC[C@]4(C)[C@H]3CC[C@]2(C)C1=O. The molecule has 4 rings (SSSR count). The molecule has 0 spiro atoms. The van der Waals surface area contributed by atoms with Crippen molar-refractivity contribution in [3.05, 3.63) is 11.6 Å². The van der Waals surface area contributed by atoms with Gasteiger partial charge in [0, 0.05) is 5.41 Å². The lowest BCUT2D eigenvalue weighted by atomic mass is 9.45. The zero-order valence-corrected chi connectivity index (χ0v) is 16.2. The lowest BCUT2D eigenvalue weighted by Crippen LogP contribution is -2.52. The van der Waals surface area contributed by atoms with Crippen LogP contribution in [0.15, 0.2) is 11.6 Å². The van der Waals surface area contributed by atoms with Crippen LogP contribution in [0.25, 0.3) is 0 Å². The molecule has 4 fully saturated rings. The van der Waals surface area contributed by atoms with Gasteiger partial charge in [-0.3, -0.25) is 4.79 Å². The Hall–Kier alpha value is -0.590. The Bertz CT molecular complexity index is 558. The third-order valence-electron chi connectivity index (χ3n) is 8.76. The van der Waals surface area contributed by atoms with Gasteiger partial charge in [-0.2, -0.15) is 0 Å². The van der Waals surface area contributed by atoms with E-state index in [0.717, 1.165) is 30.6 Å². The number of Topliss-reactive ketones (excluding diaryl/α,β-unsaturated/α-hetero) is 1. The second-order valence-corrected chi connectivity index (χ2v) is 10.3. The number of rotatable bonds is 1. The van der Waals surface area contributed by atoms with E-state index in [1.54, 1.807) is 0 Å². The Morgan fingerprint density at radius 1 is 1.00 bits per heavy atom. The summed E-state index contributed by atoms with van der Waals surface area (Å²) in [5.74, 6) is 4.31. The highest BCUT2D eigenvalue weighted by Crippen LogP contribution is 2.66. The Balaban J connectivity index is 1.65. The molecule has 4 saturated carbocycles. The van der Waals surface area contributed by atoms with Crippen molar-refractivity contribution in [3.8, 4) is 0 Å². The van der Waals surface area contributed by atoms with Crippen LogP contribution in [0.2, 0.25) is 0 Å². The Kier molecular flexibility index (Phi) is 4.01. The van der Waals surface area contributed by atoms with E-state index in [-0.39, 0.29) is 5.41 Å². The third-order valence-corrected chi connectivity index (χ3v) is 8.76. The van der Waals surface area contributed by atoms with Crippen LogP contribution < -0.4 is 0 Å². The minimum absolute atomic E-state index is 0.0419. The molecule has 0 aromatic rings. The maximum absolute atomic E-state index is 13.2. The highest BCUT2D eigenvalue weighted by molar-refractivity contribution is 6.02. The molecule has 1 heteroatoms. The highest BCUT2D eigenvalue weighted by atomic mass is 16.1. The quantitative estimate of drug-likeness (QED) is 0.525. The summed E-state index contributed by atoms with van der Waals surface area (Å²) in [6.07, 6.45) is 14.5. The Labute approximate surface area is 148 Å². The molecule has 0 bridgehead atoms. The molecule has 24 heavy (non-hydrogen) atoms. The van der Waals surface area contributed by atoms with Crippen LogP contribution in [0.5, 0.6) is 0 Å². The van der Waals surface area contributed by atoms with Crippen molar-refractivity contribution in [1.82, 2.24) is 0 Å². The van der Waals surface area contributed by atoms with E-state index in [0.29, 0.717) is 23.0 Å². The molecule has 0 saturated heterocycles. The fourth-order valence-corrected chi connectivity index (χ4v) is 7.52. The van der Waals surface area contributed by atoms with Crippen LogP contribution in [0.4, 0.5) is 0 Å². The lowest BCUT2D eigenvalue weighted by Gasteiger charge is -2.59. The number of hydrogen-bond acceptors (Lipinski definition) is 1. The maximum Gasteiger partial charge on any atom is 0.164 e. The summed E-state index contributed by atoms with van der Waals surface area (Å²) >= 11 is 0. The van der Waals surface area contributed by atoms with Crippen LogP contribution in [0, 0.1) is 40.4 Å². The largest absolute Gasteiger partial charge is 0.294 e. The molecular weight excluding hydrogens is 292 g/mol. The maximum atomic E-state index is 13.2. The molecule has 4 aliphatic carbocycles. The van der Waals surface area contributed by atoms with Gasteiger partial charge in [-0.05, 0) is 85.5 Å². The van der Waals surface area contributed by atoms with Crippen LogP contribution in [-0.4, -0.2) is 5.78 Å². The summed E-state index contributed by atoms with van der Waals surface area (Å²) < 4.78 is 0. The van der Waals surface area contributed by atoms with Gasteiger partial charge >= 0.3 is 0 Å². The summed E-state index contributed by atoms with van der Waals surface area (Å²) in [7, 11) is 0. The fourth-order valence-electron chi connectivity index (χ4n) is 7.52. The molecule has 4 aliphatic rings. The molecule has 134 valence electrons. The van der Waals surface area contributed by atoms with Gasteiger partial charge in [-0.25, -0.2) is 0 Å². The van der Waals surface area contributed by atoms with Gasteiger partial charge in [-0.1, -0.05) is 46.6 Å². The monoisotopic (exact) mass is 328 g/mol. The topological polar surface area (TPSA) is 17.1 Å². The minimum Gasteiger partial charge on any atom is -0.294 e. The first kappa shape index (κ1) is 16.9. The smallest absolute Gasteiger partial charge is 0.164 e. The minimum atomic E-state index is -0.0419. The first-order valence-electron chi connectivity index (χ1n) is 10.6. The number of ketones is 1. The van der Waals surface area contributed by atoms with Crippen molar-refractivity contribution in [1.29, 1.82) is 0 Å². The molecule has 0 amide bonds. The van der Waals surface area contributed by atoms with Crippen LogP contribution in [0.1, 0.15) is 85.5 Å². The predicted molar refractivity (Wildman–Crippen MR) is 99.7 cm³/mol. The summed E-state index contributed by atoms with van der Waals surface area (Å²) in [4.78, 5) is 13.2. The number of fused-ring (bicyclic) bond motifs is 5. The average Bonchev–Trinajstić information content (AvgIpc) is 2.78. The fraction of sp³-hybridized carbons (Fsp3) is 0.870. The standard InChI is InChI=1S/C23H36O/c1-15(2)13-16-14-20-18-9-8-17-7-5-6-11-22(17,3)19(18)10-12-23(20,4)21(16)24/h13,15,17-20H,5-12,14H2,1-4H3/b16-13+/t17-,18+,19-,20-,22-,23-/m0/s1. The van der Waals surface area contributed by atoms with E-state index in [4.69, 9.17) is 0 Å². The Morgan fingerprint density at radius 3 is 2.54 bits per heavy atom. The third kappa shape index (κ3) is 2.29. The molecule has 0 aromatic heterocycles. The van der Waals surface area contributed by atoms with Gasteiger partial charge in [0.2, 0.25) is 0 Å². The predicted octanol–water partition coefficient (Wildman–Crippen LogP) is 6.18. The first-order valence-corrected chi connectivity index (χ1v) is 10.6. The van der Waals surface area contributed by atoms with Crippen molar-refractivity contribution >= 4 is 5.78 Å². The van der Waals surface area contributed by atoms with Gasteiger partial charge in [0.15, 0.2) is 5.78 Å². The van der Waals surface area contributed by atoms with E-state index in [1.165, 1.54) is 50.5 Å².